The largest absolute Gasteiger partial charge is 0.494 e. The Morgan fingerprint density at radius 2 is 2.26 bits per heavy atom. The fourth-order valence-electron chi connectivity index (χ4n) is 1.96. The Morgan fingerprint density at radius 1 is 1.47 bits per heavy atom. The summed E-state index contributed by atoms with van der Waals surface area (Å²) in [5.41, 5.74) is 0.750. The molecule has 1 aromatic carbocycles. The van der Waals surface area contributed by atoms with Crippen molar-refractivity contribution in [3.05, 3.63) is 24.0 Å². The van der Waals surface area contributed by atoms with Gasteiger partial charge in [0.2, 0.25) is 0 Å². The van der Waals surface area contributed by atoms with Crippen molar-refractivity contribution in [2.45, 2.75) is 26.3 Å². The van der Waals surface area contributed by atoms with E-state index < -0.39 is 0 Å². The van der Waals surface area contributed by atoms with Gasteiger partial charge in [0, 0.05) is 11.8 Å². The van der Waals surface area contributed by atoms with E-state index in [1.54, 1.807) is 17.8 Å². The molecule has 104 valence electrons. The van der Waals surface area contributed by atoms with Gasteiger partial charge in [-0.15, -0.1) is 0 Å². The smallest absolute Gasteiger partial charge is 0.161 e. The van der Waals surface area contributed by atoms with Crippen molar-refractivity contribution in [3.63, 3.8) is 0 Å². The predicted molar refractivity (Wildman–Crippen MR) is 79.7 cm³/mol. The molecule has 0 radical (unpaired) electrons. The van der Waals surface area contributed by atoms with Gasteiger partial charge in [-0.05, 0) is 24.5 Å². The summed E-state index contributed by atoms with van der Waals surface area (Å²) in [6, 6.07) is 4.82. The first-order valence-corrected chi connectivity index (χ1v) is 7.40. The minimum Gasteiger partial charge on any atom is -0.494 e. The predicted octanol–water partition coefficient (Wildman–Crippen LogP) is 3.76. The molecule has 0 aliphatic carbocycles. The van der Waals surface area contributed by atoms with E-state index in [-0.39, 0.29) is 5.82 Å². The third kappa shape index (κ3) is 3.62. The molecule has 1 aliphatic rings. The number of hydrogen-bond acceptors (Lipinski definition) is 4. The van der Waals surface area contributed by atoms with Crippen LogP contribution in [0.4, 0.5) is 10.1 Å². The Morgan fingerprint density at radius 3 is 2.95 bits per heavy atom. The average molecular weight is 282 g/mol. The molecule has 0 saturated carbocycles. The van der Waals surface area contributed by atoms with Crippen LogP contribution in [0.15, 0.2) is 23.2 Å². The first-order valence-electron chi connectivity index (χ1n) is 6.41. The first-order chi connectivity index (χ1) is 9.10. The van der Waals surface area contributed by atoms with Crippen molar-refractivity contribution in [1.82, 2.24) is 0 Å². The van der Waals surface area contributed by atoms with Crippen molar-refractivity contribution in [2.75, 3.05) is 18.2 Å². The van der Waals surface area contributed by atoms with Crippen molar-refractivity contribution >= 4 is 22.6 Å². The molecular formula is C14H19FN2OS. The summed E-state index contributed by atoms with van der Waals surface area (Å²) in [5, 5.41) is 4.12. The highest BCUT2D eigenvalue weighted by molar-refractivity contribution is 8.14. The topological polar surface area (TPSA) is 33.6 Å². The number of hydrogen-bond donors (Lipinski definition) is 1. The molecule has 0 saturated heterocycles. The Hall–Kier alpha value is -1.23. The number of anilines is 1. The molecule has 0 fully saturated rings. The molecule has 5 heteroatoms. The number of halogens is 1. The molecule has 1 atom stereocenters. The standard InChI is InChI=1S/C14H19FN2OS/c1-9(2)11-6-7-19-14(16-11)17-12-5-4-10(15)8-13(12)18-3/h4-5,8-9,11H,6-7H2,1-3H3,(H,16,17). The van der Waals surface area contributed by atoms with Gasteiger partial charge in [-0.1, -0.05) is 25.6 Å². The number of thioether (sulfide) groups is 1. The van der Waals surface area contributed by atoms with E-state index in [9.17, 15) is 4.39 Å². The maximum Gasteiger partial charge on any atom is 0.161 e. The van der Waals surface area contributed by atoms with Gasteiger partial charge < -0.3 is 10.1 Å². The van der Waals surface area contributed by atoms with Gasteiger partial charge in [-0.3, -0.25) is 4.99 Å². The summed E-state index contributed by atoms with van der Waals surface area (Å²) in [4.78, 5) is 4.69. The second kappa shape index (κ2) is 6.28. The number of methoxy groups -OCH3 is 1. The monoisotopic (exact) mass is 282 g/mol. The molecule has 1 unspecified atom stereocenters. The van der Waals surface area contributed by atoms with Crippen LogP contribution in [0, 0.1) is 11.7 Å². The van der Waals surface area contributed by atoms with E-state index in [2.05, 4.69) is 19.2 Å². The summed E-state index contributed by atoms with van der Waals surface area (Å²) < 4.78 is 18.3. The molecule has 1 aromatic rings. The second-order valence-electron chi connectivity index (χ2n) is 4.85. The zero-order chi connectivity index (χ0) is 13.8. The highest BCUT2D eigenvalue weighted by Crippen LogP contribution is 2.28. The fraction of sp³-hybridized carbons (Fsp3) is 0.500. The maximum atomic E-state index is 13.1. The molecular weight excluding hydrogens is 263 g/mol. The van der Waals surface area contributed by atoms with Gasteiger partial charge in [-0.2, -0.15) is 0 Å². The normalized spacial score (nSPS) is 19.2. The number of rotatable bonds is 3. The van der Waals surface area contributed by atoms with E-state index in [0.29, 0.717) is 17.7 Å². The summed E-state index contributed by atoms with van der Waals surface area (Å²) >= 11 is 1.69. The molecule has 0 spiro atoms. The molecule has 1 N–H and O–H groups in total. The van der Waals surface area contributed by atoms with Crippen LogP contribution >= 0.6 is 11.8 Å². The molecule has 19 heavy (non-hydrogen) atoms. The van der Waals surface area contributed by atoms with E-state index in [1.165, 1.54) is 19.2 Å². The van der Waals surface area contributed by atoms with Crippen LogP contribution in [0.2, 0.25) is 0 Å². The maximum absolute atomic E-state index is 13.1. The van der Waals surface area contributed by atoms with Crippen molar-refractivity contribution in [2.24, 2.45) is 10.9 Å². The number of ether oxygens (including phenoxy) is 1. The molecule has 0 bridgehead atoms. The van der Waals surface area contributed by atoms with Crippen LogP contribution < -0.4 is 10.1 Å². The number of aliphatic imine (C=N–C) groups is 1. The summed E-state index contributed by atoms with van der Waals surface area (Å²) in [6.07, 6.45) is 1.11. The lowest BCUT2D eigenvalue weighted by molar-refractivity contribution is 0.413. The quantitative estimate of drug-likeness (QED) is 0.916. The van der Waals surface area contributed by atoms with Crippen LogP contribution in [-0.2, 0) is 0 Å². The van der Waals surface area contributed by atoms with E-state index in [1.807, 2.05) is 0 Å². The SMILES string of the molecule is COc1cc(F)ccc1NC1=NC(C(C)C)CCS1. The second-order valence-corrected chi connectivity index (χ2v) is 5.94. The van der Waals surface area contributed by atoms with E-state index >= 15 is 0 Å². The van der Waals surface area contributed by atoms with Crippen molar-refractivity contribution < 1.29 is 9.13 Å². The van der Waals surface area contributed by atoms with Crippen LogP contribution in [-0.4, -0.2) is 24.1 Å². The zero-order valence-corrected chi connectivity index (χ0v) is 12.3. The summed E-state index contributed by atoms with van der Waals surface area (Å²) in [5.74, 6) is 1.78. The first kappa shape index (κ1) is 14.2. The van der Waals surface area contributed by atoms with Gasteiger partial charge in [0.1, 0.15) is 11.6 Å². The minimum absolute atomic E-state index is 0.305. The highest BCUT2D eigenvalue weighted by Gasteiger charge is 2.19. The lowest BCUT2D eigenvalue weighted by Crippen LogP contribution is -2.24. The van der Waals surface area contributed by atoms with E-state index in [4.69, 9.17) is 9.73 Å². The molecule has 0 aromatic heterocycles. The number of nitrogens with one attached hydrogen (secondary N) is 1. The van der Waals surface area contributed by atoms with Crippen LogP contribution in [0.5, 0.6) is 5.75 Å². The third-order valence-electron chi connectivity index (χ3n) is 3.11. The average Bonchev–Trinajstić information content (AvgIpc) is 2.41. The van der Waals surface area contributed by atoms with Crippen molar-refractivity contribution in [3.8, 4) is 5.75 Å². The minimum atomic E-state index is -0.305. The van der Waals surface area contributed by atoms with Gasteiger partial charge in [0.15, 0.2) is 5.17 Å². The van der Waals surface area contributed by atoms with E-state index in [0.717, 1.165) is 23.0 Å². The lowest BCUT2D eigenvalue weighted by atomic mass is 10.0. The number of nitrogens with zero attached hydrogens (tertiary/aromatic N) is 1. The fourth-order valence-corrected chi connectivity index (χ4v) is 2.91. The summed E-state index contributed by atoms with van der Waals surface area (Å²) in [7, 11) is 1.53. The van der Waals surface area contributed by atoms with Gasteiger partial charge >= 0.3 is 0 Å². The summed E-state index contributed by atoms with van der Waals surface area (Å²) in [6.45, 7) is 4.36. The molecule has 2 rings (SSSR count). The van der Waals surface area contributed by atoms with Gasteiger partial charge in [0.05, 0.1) is 18.8 Å². The van der Waals surface area contributed by atoms with Crippen LogP contribution in [0.3, 0.4) is 0 Å². The zero-order valence-electron chi connectivity index (χ0n) is 11.4. The molecule has 1 heterocycles. The number of benzene rings is 1. The van der Waals surface area contributed by atoms with Crippen molar-refractivity contribution in [1.29, 1.82) is 0 Å². The molecule has 1 aliphatic heterocycles. The van der Waals surface area contributed by atoms with Crippen LogP contribution in [0.25, 0.3) is 0 Å². The highest BCUT2D eigenvalue weighted by atomic mass is 32.2. The van der Waals surface area contributed by atoms with Gasteiger partial charge in [0.25, 0.3) is 0 Å². The Labute approximate surface area is 117 Å². The Bertz CT molecular complexity index is 477. The third-order valence-corrected chi connectivity index (χ3v) is 4.03. The van der Waals surface area contributed by atoms with Gasteiger partial charge in [-0.25, -0.2) is 4.39 Å². The van der Waals surface area contributed by atoms with Crippen LogP contribution in [0.1, 0.15) is 20.3 Å². The Balaban J connectivity index is 2.16. The molecule has 3 nitrogen and oxygen atoms in total. The number of amidine groups is 1. The Kier molecular flexibility index (Phi) is 4.69. The molecule has 0 amide bonds. The lowest BCUT2D eigenvalue weighted by Gasteiger charge is -2.23.